The van der Waals surface area contributed by atoms with E-state index in [1.165, 1.54) is 0 Å². The molecule has 3 rings (SSSR count). The number of esters is 1. The van der Waals surface area contributed by atoms with E-state index in [2.05, 4.69) is 0 Å². The van der Waals surface area contributed by atoms with Crippen LogP contribution in [0.3, 0.4) is 0 Å². The molecule has 1 aliphatic heterocycles. The van der Waals surface area contributed by atoms with E-state index in [9.17, 15) is 15.0 Å². The maximum absolute atomic E-state index is 11.7. The lowest BCUT2D eigenvalue weighted by Gasteiger charge is -2.39. The molecule has 4 atom stereocenters. The van der Waals surface area contributed by atoms with E-state index in [0.29, 0.717) is 17.8 Å². The van der Waals surface area contributed by atoms with Crippen LogP contribution < -0.4 is 0 Å². The summed E-state index contributed by atoms with van der Waals surface area (Å²) in [5, 5.41) is 21.7. The van der Waals surface area contributed by atoms with Crippen molar-refractivity contribution in [2.75, 3.05) is 0 Å². The minimum atomic E-state index is -1.15. The number of allylic oxidation sites excluding steroid dienone is 1. The first-order chi connectivity index (χ1) is 8.75. The Kier molecular flexibility index (Phi) is 2.51. The average molecular weight is 264 g/mol. The van der Waals surface area contributed by atoms with Crippen LogP contribution in [0, 0.1) is 11.8 Å². The summed E-state index contributed by atoms with van der Waals surface area (Å²) < 4.78 is 5.22. The Labute approximate surface area is 112 Å². The van der Waals surface area contributed by atoms with Gasteiger partial charge in [0.1, 0.15) is 5.76 Å². The number of rotatable bonds is 0. The lowest BCUT2D eigenvalue weighted by atomic mass is 9.74. The van der Waals surface area contributed by atoms with E-state index in [0.717, 1.165) is 18.4 Å². The fraction of sp³-hybridized carbons (Fsp3) is 0.667. The van der Waals surface area contributed by atoms with Crippen LogP contribution in [0.25, 0.3) is 0 Å². The van der Waals surface area contributed by atoms with Crippen molar-refractivity contribution in [1.82, 2.24) is 0 Å². The monoisotopic (exact) mass is 264 g/mol. The van der Waals surface area contributed by atoms with Gasteiger partial charge in [0.15, 0.2) is 0 Å². The van der Waals surface area contributed by atoms with E-state index < -0.39 is 11.2 Å². The van der Waals surface area contributed by atoms with E-state index in [1.54, 1.807) is 19.9 Å². The predicted molar refractivity (Wildman–Crippen MR) is 69.0 cm³/mol. The standard InChI is InChI=1S/C15H20O4/c1-8-4-5-12-14(3,17)7-11-10(6-15(8,12)18)9(2)13(16)19-11/h7-8,12,17-18H,4-6H2,1-3H3/t8-,12-,14+,15+/m1/s1. The molecule has 4 nitrogen and oxygen atoms in total. The third-order valence-corrected chi connectivity index (χ3v) is 5.19. The molecule has 1 heterocycles. The van der Waals surface area contributed by atoms with Crippen LogP contribution in [0.1, 0.15) is 40.0 Å². The molecule has 104 valence electrons. The zero-order valence-corrected chi connectivity index (χ0v) is 11.6. The largest absolute Gasteiger partial charge is 0.423 e. The van der Waals surface area contributed by atoms with Gasteiger partial charge < -0.3 is 14.9 Å². The first-order valence-electron chi connectivity index (χ1n) is 6.85. The first kappa shape index (κ1) is 12.9. The Morgan fingerprint density at radius 2 is 2.05 bits per heavy atom. The molecular weight excluding hydrogens is 244 g/mol. The minimum absolute atomic E-state index is 0.104. The summed E-state index contributed by atoms with van der Waals surface area (Å²) in [6.07, 6.45) is 3.67. The summed E-state index contributed by atoms with van der Waals surface area (Å²) >= 11 is 0. The molecule has 0 aromatic rings. The topological polar surface area (TPSA) is 66.8 Å². The van der Waals surface area contributed by atoms with Crippen LogP contribution in [0.4, 0.5) is 0 Å². The van der Waals surface area contributed by atoms with Crippen LogP contribution in [0.5, 0.6) is 0 Å². The van der Waals surface area contributed by atoms with Crippen LogP contribution in [0.2, 0.25) is 0 Å². The second kappa shape index (κ2) is 3.70. The van der Waals surface area contributed by atoms with Crippen LogP contribution in [-0.4, -0.2) is 27.4 Å². The van der Waals surface area contributed by atoms with Gasteiger partial charge in [-0.15, -0.1) is 0 Å². The summed E-state index contributed by atoms with van der Waals surface area (Å²) in [6, 6.07) is 0. The molecule has 0 amide bonds. The molecule has 0 aromatic heterocycles. The van der Waals surface area contributed by atoms with Gasteiger partial charge in [0.25, 0.3) is 0 Å². The number of ether oxygens (including phenoxy) is 1. The summed E-state index contributed by atoms with van der Waals surface area (Å²) in [7, 11) is 0. The highest BCUT2D eigenvalue weighted by molar-refractivity contribution is 5.94. The summed E-state index contributed by atoms with van der Waals surface area (Å²) in [5.41, 5.74) is -0.812. The Morgan fingerprint density at radius 3 is 2.74 bits per heavy atom. The molecule has 1 saturated carbocycles. The SMILES string of the molecule is CC1=C2C[C@]3(O)[C@H](C)CC[C@@H]3[C@@](C)(O)C=C2OC1=O. The van der Waals surface area contributed by atoms with E-state index in [4.69, 9.17) is 4.74 Å². The second-order valence-electron chi connectivity index (χ2n) is 6.43. The van der Waals surface area contributed by atoms with Gasteiger partial charge in [-0.25, -0.2) is 4.79 Å². The van der Waals surface area contributed by atoms with E-state index in [1.807, 2.05) is 6.92 Å². The summed E-state index contributed by atoms with van der Waals surface area (Å²) in [4.78, 5) is 11.7. The molecule has 0 spiro atoms. The minimum Gasteiger partial charge on any atom is -0.423 e. The van der Waals surface area contributed by atoms with Crippen molar-refractivity contribution in [3.8, 4) is 0 Å². The van der Waals surface area contributed by atoms with E-state index in [-0.39, 0.29) is 17.8 Å². The highest BCUT2D eigenvalue weighted by atomic mass is 16.5. The Bertz CT molecular complexity index is 514. The molecular formula is C15H20O4. The van der Waals surface area contributed by atoms with Crippen LogP contribution >= 0.6 is 0 Å². The number of carbonyl (C=O) groups is 1. The molecule has 0 aromatic carbocycles. The highest BCUT2D eigenvalue weighted by Crippen LogP contribution is 2.53. The zero-order valence-electron chi connectivity index (χ0n) is 11.6. The lowest BCUT2D eigenvalue weighted by Crippen LogP contribution is -2.48. The molecule has 0 radical (unpaired) electrons. The van der Waals surface area contributed by atoms with Crippen molar-refractivity contribution in [3.63, 3.8) is 0 Å². The van der Waals surface area contributed by atoms with Crippen molar-refractivity contribution in [2.24, 2.45) is 11.8 Å². The molecule has 2 N–H and O–H groups in total. The van der Waals surface area contributed by atoms with E-state index >= 15 is 0 Å². The Hall–Kier alpha value is -1.13. The number of carbonyl (C=O) groups excluding carboxylic acids is 1. The lowest BCUT2D eigenvalue weighted by molar-refractivity contribution is -0.133. The van der Waals surface area contributed by atoms with Crippen molar-refractivity contribution in [3.05, 3.63) is 23.0 Å². The number of hydrogen-bond donors (Lipinski definition) is 2. The predicted octanol–water partition coefficient (Wildman–Crippen LogP) is 1.68. The Morgan fingerprint density at radius 1 is 1.37 bits per heavy atom. The highest BCUT2D eigenvalue weighted by Gasteiger charge is 2.56. The van der Waals surface area contributed by atoms with Crippen molar-refractivity contribution < 1.29 is 19.7 Å². The molecule has 2 aliphatic carbocycles. The number of aliphatic hydroxyl groups is 2. The van der Waals surface area contributed by atoms with Gasteiger partial charge in [0.05, 0.1) is 11.2 Å². The normalized spacial score (nSPS) is 45.5. The first-order valence-corrected chi connectivity index (χ1v) is 6.85. The average Bonchev–Trinajstić information content (AvgIpc) is 2.69. The summed E-state index contributed by atoms with van der Waals surface area (Å²) in [5.74, 6) is -0.0490. The third kappa shape index (κ3) is 1.63. The number of hydrogen-bond acceptors (Lipinski definition) is 4. The number of fused-ring (bicyclic) bond motifs is 2. The van der Waals surface area contributed by atoms with Gasteiger partial charge in [0, 0.05) is 23.5 Å². The molecule has 0 saturated heterocycles. The molecule has 1 fully saturated rings. The van der Waals surface area contributed by atoms with Crippen molar-refractivity contribution in [2.45, 2.75) is 51.2 Å². The van der Waals surface area contributed by atoms with Crippen LogP contribution in [-0.2, 0) is 9.53 Å². The van der Waals surface area contributed by atoms with Gasteiger partial charge in [0.2, 0.25) is 0 Å². The molecule has 19 heavy (non-hydrogen) atoms. The maximum Gasteiger partial charge on any atom is 0.339 e. The Balaban J connectivity index is 2.16. The van der Waals surface area contributed by atoms with Crippen LogP contribution in [0.15, 0.2) is 23.0 Å². The van der Waals surface area contributed by atoms with Gasteiger partial charge in [-0.05, 0) is 38.7 Å². The molecule has 3 aliphatic rings. The quantitative estimate of drug-likeness (QED) is 0.653. The van der Waals surface area contributed by atoms with Gasteiger partial charge in [-0.3, -0.25) is 0 Å². The fourth-order valence-electron chi connectivity index (χ4n) is 3.89. The maximum atomic E-state index is 11.7. The van der Waals surface area contributed by atoms with Gasteiger partial charge in [-0.1, -0.05) is 6.92 Å². The molecule has 4 heteroatoms. The van der Waals surface area contributed by atoms with Crippen molar-refractivity contribution in [1.29, 1.82) is 0 Å². The zero-order chi connectivity index (χ0) is 14.0. The van der Waals surface area contributed by atoms with Crippen molar-refractivity contribution >= 4 is 5.97 Å². The molecule has 0 unspecified atom stereocenters. The fourth-order valence-corrected chi connectivity index (χ4v) is 3.89. The third-order valence-electron chi connectivity index (χ3n) is 5.19. The van der Waals surface area contributed by atoms with Gasteiger partial charge in [-0.2, -0.15) is 0 Å². The summed E-state index contributed by atoms with van der Waals surface area (Å²) in [6.45, 7) is 5.42. The molecule has 0 bridgehead atoms. The second-order valence-corrected chi connectivity index (χ2v) is 6.43. The smallest absolute Gasteiger partial charge is 0.339 e. The van der Waals surface area contributed by atoms with Gasteiger partial charge >= 0.3 is 5.97 Å².